The number of hydrogen-bond donors (Lipinski definition) is 3. The second kappa shape index (κ2) is 7.68. The van der Waals surface area contributed by atoms with Crippen molar-refractivity contribution >= 4 is 11.6 Å². The van der Waals surface area contributed by atoms with Crippen LogP contribution in [0, 0.1) is 13.8 Å². The Balaban J connectivity index is 2.67. The van der Waals surface area contributed by atoms with E-state index >= 15 is 0 Å². The first-order chi connectivity index (χ1) is 8.69. The maximum atomic E-state index is 5.46. The van der Waals surface area contributed by atoms with Crippen molar-refractivity contribution in [2.45, 2.75) is 20.3 Å². The van der Waals surface area contributed by atoms with Gasteiger partial charge in [0, 0.05) is 25.9 Å². The number of methoxy groups -OCH3 is 1. The smallest absolute Gasteiger partial charge is 0.210 e. The number of benzene rings is 1. The van der Waals surface area contributed by atoms with Crippen molar-refractivity contribution in [1.82, 2.24) is 5.43 Å². The number of aryl methyl sites for hydroxylation is 2. The SMILES string of the molecule is COCCCN=C(NN)Nc1c(C)cccc1C. The predicted molar refractivity (Wildman–Crippen MR) is 75.7 cm³/mol. The molecule has 5 heteroatoms. The summed E-state index contributed by atoms with van der Waals surface area (Å²) in [5.74, 6) is 6.03. The number of anilines is 1. The van der Waals surface area contributed by atoms with Crippen LogP contribution >= 0.6 is 0 Å². The summed E-state index contributed by atoms with van der Waals surface area (Å²) in [5.41, 5.74) is 5.95. The second-order valence-electron chi connectivity index (χ2n) is 4.11. The summed E-state index contributed by atoms with van der Waals surface area (Å²) in [6, 6.07) is 6.13. The zero-order valence-electron chi connectivity index (χ0n) is 11.3. The fraction of sp³-hybridized carbons (Fsp3) is 0.462. The molecule has 0 aliphatic rings. The number of aliphatic imine (C=N–C) groups is 1. The maximum Gasteiger partial charge on any atom is 0.210 e. The van der Waals surface area contributed by atoms with Crippen LogP contribution in [-0.2, 0) is 4.74 Å². The van der Waals surface area contributed by atoms with Crippen molar-refractivity contribution in [2.75, 3.05) is 25.6 Å². The molecule has 0 spiro atoms. The Morgan fingerprint density at radius 2 is 2.00 bits per heavy atom. The van der Waals surface area contributed by atoms with Gasteiger partial charge in [-0.2, -0.15) is 0 Å². The summed E-state index contributed by atoms with van der Waals surface area (Å²) in [6.45, 7) is 5.47. The van der Waals surface area contributed by atoms with Gasteiger partial charge in [-0.25, -0.2) is 5.84 Å². The van der Waals surface area contributed by atoms with Gasteiger partial charge in [0.15, 0.2) is 0 Å². The van der Waals surface area contributed by atoms with Gasteiger partial charge in [0.1, 0.15) is 0 Å². The number of nitrogens with two attached hydrogens (primary N) is 1. The minimum absolute atomic E-state index is 0.573. The van der Waals surface area contributed by atoms with Crippen molar-refractivity contribution in [2.24, 2.45) is 10.8 Å². The van der Waals surface area contributed by atoms with E-state index in [2.05, 4.69) is 15.7 Å². The molecule has 5 nitrogen and oxygen atoms in total. The molecule has 0 heterocycles. The summed E-state index contributed by atoms with van der Waals surface area (Å²) in [6.07, 6.45) is 0.871. The van der Waals surface area contributed by atoms with Crippen molar-refractivity contribution in [3.05, 3.63) is 29.3 Å². The van der Waals surface area contributed by atoms with Crippen molar-refractivity contribution in [3.63, 3.8) is 0 Å². The largest absolute Gasteiger partial charge is 0.385 e. The highest BCUT2D eigenvalue weighted by Crippen LogP contribution is 2.18. The summed E-state index contributed by atoms with van der Waals surface area (Å²) in [5, 5.41) is 3.22. The number of nitrogens with one attached hydrogen (secondary N) is 2. The molecule has 1 aromatic rings. The Morgan fingerprint density at radius 1 is 1.33 bits per heavy atom. The third kappa shape index (κ3) is 4.35. The Kier molecular flexibility index (Phi) is 6.18. The van der Waals surface area contributed by atoms with E-state index in [9.17, 15) is 0 Å². The van der Waals surface area contributed by atoms with Crippen LogP contribution in [0.3, 0.4) is 0 Å². The summed E-state index contributed by atoms with van der Waals surface area (Å²) < 4.78 is 4.97. The average molecular weight is 250 g/mol. The molecule has 0 radical (unpaired) electrons. The van der Waals surface area contributed by atoms with E-state index < -0.39 is 0 Å². The van der Waals surface area contributed by atoms with Gasteiger partial charge in [0.2, 0.25) is 5.96 Å². The molecule has 1 rings (SSSR count). The average Bonchev–Trinajstić information content (AvgIpc) is 2.36. The Bertz CT molecular complexity index is 384. The molecule has 0 amide bonds. The van der Waals surface area contributed by atoms with E-state index in [1.807, 2.05) is 32.0 Å². The highest BCUT2D eigenvalue weighted by molar-refractivity contribution is 5.94. The van der Waals surface area contributed by atoms with E-state index in [1.54, 1.807) is 7.11 Å². The number of para-hydroxylation sites is 1. The molecule has 0 saturated carbocycles. The predicted octanol–water partition coefficient (Wildman–Crippen LogP) is 1.57. The molecule has 0 unspecified atom stereocenters. The van der Waals surface area contributed by atoms with Crippen LogP contribution in [-0.4, -0.2) is 26.2 Å². The molecule has 0 fully saturated rings. The van der Waals surface area contributed by atoms with Gasteiger partial charge in [-0.3, -0.25) is 10.4 Å². The molecule has 4 N–H and O–H groups in total. The first-order valence-corrected chi connectivity index (χ1v) is 6.02. The van der Waals surface area contributed by atoms with E-state index in [0.717, 1.165) is 23.2 Å². The van der Waals surface area contributed by atoms with Gasteiger partial charge in [0.25, 0.3) is 0 Å². The van der Waals surface area contributed by atoms with E-state index in [-0.39, 0.29) is 0 Å². The Labute approximate surface area is 108 Å². The topological polar surface area (TPSA) is 71.7 Å². The lowest BCUT2D eigenvalue weighted by Gasteiger charge is -2.14. The van der Waals surface area contributed by atoms with Crippen LogP contribution in [0.4, 0.5) is 5.69 Å². The fourth-order valence-corrected chi connectivity index (χ4v) is 1.65. The van der Waals surface area contributed by atoms with E-state index in [0.29, 0.717) is 19.1 Å². The van der Waals surface area contributed by atoms with Gasteiger partial charge < -0.3 is 10.1 Å². The molecule has 0 aromatic heterocycles. The molecule has 0 bridgehead atoms. The second-order valence-corrected chi connectivity index (χ2v) is 4.11. The standard InChI is InChI=1S/C13H22N4O/c1-10-6-4-7-11(2)12(10)16-13(17-14)15-8-5-9-18-3/h4,6-7H,5,8-9,14H2,1-3H3,(H2,15,16,17). The third-order valence-corrected chi connectivity index (χ3v) is 2.64. The molecule has 0 atom stereocenters. The quantitative estimate of drug-likeness (QED) is 0.244. The van der Waals surface area contributed by atoms with Gasteiger partial charge in [0.05, 0.1) is 0 Å². The van der Waals surface area contributed by atoms with Crippen molar-refractivity contribution in [1.29, 1.82) is 0 Å². The molecule has 1 aromatic carbocycles. The zero-order valence-corrected chi connectivity index (χ0v) is 11.3. The first kappa shape index (κ1) is 14.5. The van der Waals surface area contributed by atoms with Crippen LogP contribution in [0.15, 0.2) is 23.2 Å². The Hall–Kier alpha value is -1.59. The highest BCUT2D eigenvalue weighted by atomic mass is 16.5. The maximum absolute atomic E-state index is 5.46. The van der Waals surface area contributed by atoms with Crippen molar-refractivity contribution < 1.29 is 4.74 Å². The minimum Gasteiger partial charge on any atom is -0.385 e. The van der Waals surface area contributed by atoms with E-state index in [1.165, 1.54) is 0 Å². The normalized spacial score (nSPS) is 11.4. The fourth-order valence-electron chi connectivity index (χ4n) is 1.65. The number of nitrogens with zero attached hydrogens (tertiary/aromatic N) is 1. The lowest BCUT2D eigenvalue weighted by molar-refractivity contribution is 0.197. The number of hydrogen-bond acceptors (Lipinski definition) is 3. The molecule has 0 aliphatic heterocycles. The van der Waals surface area contributed by atoms with Crippen LogP contribution < -0.4 is 16.6 Å². The molecule has 100 valence electrons. The molecular formula is C13H22N4O. The van der Waals surface area contributed by atoms with Crippen molar-refractivity contribution in [3.8, 4) is 0 Å². The van der Waals surface area contributed by atoms with Gasteiger partial charge in [-0.05, 0) is 31.4 Å². The number of hydrazine groups is 1. The first-order valence-electron chi connectivity index (χ1n) is 6.02. The third-order valence-electron chi connectivity index (χ3n) is 2.64. The molecular weight excluding hydrogens is 228 g/mol. The Morgan fingerprint density at radius 3 is 2.56 bits per heavy atom. The van der Waals surface area contributed by atoms with Gasteiger partial charge >= 0.3 is 0 Å². The summed E-state index contributed by atoms with van der Waals surface area (Å²) in [7, 11) is 1.68. The summed E-state index contributed by atoms with van der Waals surface area (Å²) >= 11 is 0. The molecule has 0 saturated heterocycles. The zero-order chi connectivity index (χ0) is 13.4. The number of rotatable bonds is 5. The lowest BCUT2D eigenvalue weighted by atomic mass is 10.1. The minimum atomic E-state index is 0.573. The van der Waals surface area contributed by atoms with Gasteiger partial charge in [-0.15, -0.1) is 0 Å². The number of ether oxygens (including phenoxy) is 1. The van der Waals surface area contributed by atoms with Gasteiger partial charge in [-0.1, -0.05) is 18.2 Å². The highest BCUT2D eigenvalue weighted by Gasteiger charge is 2.04. The van der Waals surface area contributed by atoms with Crippen LogP contribution in [0.25, 0.3) is 0 Å². The molecule has 0 aliphatic carbocycles. The molecule has 18 heavy (non-hydrogen) atoms. The van der Waals surface area contributed by atoms with E-state index in [4.69, 9.17) is 10.6 Å². The van der Waals surface area contributed by atoms with Crippen LogP contribution in [0.1, 0.15) is 17.5 Å². The monoisotopic (exact) mass is 250 g/mol. The van der Waals surface area contributed by atoms with Crippen LogP contribution in [0.5, 0.6) is 0 Å². The lowest BCUT2D eigenvalue weighted by Crippen LogP contribution is -2.36. The van der Waals surface area contributed by atoms with Crippen LogP contribution in [0.2, 0.25) is 0 Å². The summed E-state index contributed by atoms with van der Waals surface area (Å²) in [4.78, 5) is 4.35. The number of guanidine groups is 1.